The average Bonchev–Trinajstić information content (AvgIpc) is 2.67. The topological polar surface area (TPSA) is 182 Å². The normalized spacial score (nSPS) is 17.9. The third kappa shape index (κ3) is 7.25. The van der Waals surface area contributed by atoms with E-state index in [0.717, 1.165) is 11.8 Å². The first-order valence-electron chi connectivity index (χ1n) is 9.37. The van der Waals surface area contributed by atoms with Crippen LogP contribution < -0.4 is 0 Å². The summed E-state index contributed by atoms with van der Waals surface area (Å²) in [6, 6.07) is 15.8. The van der Waals surface area contributed by atoms with Crippen LogP contribution in [-0.4, -0.2) is 65.3 Å². The van der Waals surface area contributed by atoms with Crippen LogP contribution in [0.2, 0.25) is 0 Å². The van der Waals surface area contributed by atoms with Crippen molar-refractivity contribution in [1.82, 2.24) is 4.90 Å². The minimum atomic E-state index is -3.67. The summed E-state index contributed by atoms with van der Waals surface area (Å²) in [5.74, 6) is 0.111. The number of hydrogen-bond donors (Lipinski definition) is 2. The maximum atomic E-state index is 11.8. The maximum absolute atomic E-state index is 11.8. The van der Waals surface area contributed by atoms with E-state index in [-0.39, 0.29) is 28.2 Å². The highest BCUT2D eigenvalue weighted by Gasteiger charge is 2.37. The minimum Gasteiger partial charge on any atom is -0.508 e. The van der Waals surface area contributed by atoms with Crippen molar-refractivity contribution in [3.8, 4) is 5.75 Å². The van der Waals surface area contributed by atoms with Crippen molar-refractivity contribution in [2.75, 3.05) is 19.3 Å². The molecule has 1 heterocycles. The lowest BCUT2D eigenvalue weighted by molar-refractivity contribution is -0.0465. The van der Waals surface area contributed by atoms with E-state index in [4.69, 9.17) is 4.18 Å². The lowest BCUT2D eigenvalue weighted by Crippen LogP contribution is -2.48. The van der Waals surface area contributed by atoms with Crippen molar-refractivity contribution in [2.45, 2.75) is 37.5 Å². The van der Waals surface area contributed by atoms with Gasteiger partial charge in [0, 0.05) is 19.1 Å². The van der Waals surface area contributed by atoms with E-state index in [9.17, 15) is 18.6 Å². The molecule has 0 unspecified atom stereocenters. The van der Waals surface area contributed by atoms with Gasteiger partial charge in [0.05, 0.1) is 11.9 Å². The lowest BCUT2D eigenvalue weighted by Gasteiger charge is -2.42. The second-order valence-corrected chi connectivity index (χ2v) is 9.09. The molecule has 1 fully saturated rings. The summed E-state index contributed by atoms with van der Waals surface area (Å²) in [6.07, 6.45) is 1.46. The summed E-state index contributed by atoms with van der Waals surface area (Å²) >= 11 is 0. The van der Waals surface area contributed by atoms with Crippen LogP contribution in [0.4, 0.5) is 0 Å². The van der Waals surface area contributed by atoms with Crippen molar-refractivity contribution in [2.24, 2.45) is 0 Å². The molecule has 10 heteroatoms. The Morgan fingerprint density at radius 1 is 0.968 bits per heavy atom. The van der Waals surface area contributed by atoms with Gasteiger partial charge in [-0.15, -0.1) is 0 Å². The number of phenols is 1. The van der Waals surface area contributed by atoms with Crippen molar-refractivity contribution < 1.29 is 39.2 Å². The fourth-order valence-corrected chi connectivity index (χ4v) is 4.45. The van der Waals surface area contributed by atoms with Crippen LogP contribution in [0.25, 0.3) is 0 Å². The van der Waals surface area contributed by atoms with Gasteiger partial charge in [0.2, 0.25) is 0 Å². The highest BCUT2D eigenvalue weighted by Crippen LogP contribution is 2.36. The van der Waals surface area contributed by atoms with Gasteiger partial charge < -0.3 is 26.6 Å². The van der Waals surface area contributed by atoms with Crippen LogP contribution in [0, 0.1) is 0 Å². The standard InChI is InChI=1S/C21H27NO5S.3H2O/c1-16(20(27-28(2,25)26)17-8-10-19(23)11-9-17)22-14-12-21(24,13-15-22)18-6-4-3-5-7-18;;;/h3-11,16,20,23-24H,12-15H2,1-2H3;3*1H2/t16-,20+;;;/m0.../s1. The second-order valence-electron chi connectivity index (χ2n) is 7.49. The lowest BCUT2D eigenvalue weighted by atomic mass is 9.83. The Bertz CT molecular complexity index is 881. The molecular weight excluding hydrogens is 426 g/mol. The van der Waals surface area contributed by atoms with Crippen LogP contribution in [-0.2, 0) is 19.9 Å². The molecule has 2 aromatic carbocycles. The number of benzene rings is 2. The molecular formula is C21H33NO8S. The number of nitrogens with zero attached hydrogens (tertiary/aromatic N) is 1. The van der Waals surface area contributed by atoms with Gasteiger partial charge in [-0.1, -0.05) is 42.5 Å². The highest BCUT2D eigenvalue weighted by atomic mass is 32.2. The monoisotopic (exact) mass is 459 g/mol. The van der Waals surface area contributed by atoms with Crippen LogP contribution in [0.1, 0.15) is 37.0 Å². The van der Waals surface area contributed by atoms with Gasteiger partial charge in [-0.25, -0.2) is 0 Å². The molecule has 0 radical (unpaired) electrons. The van der Waals surface area contributed by atoms with E-state index in [1.54, 1.807) is 12.1 Å². The summed E-state index contributed by atoms with van der Waals surface area (Å²) < 4.78 is 29.1. The smallest absolute Gasteiger partial charge is 0.265 e. The summed E-state index contributed by atoms with van der Waals surface area (Å²) in [5.41, 5.74) is 0.716. The molecule has 0 bridgehead atoms. The maximum Gasteiger partial charge on any atom is 0.265 e. The summed E-state index contributed by atoms with van der Waals surface area (Å²) in [5, 5.41) is 20.6. The Morgan fingerprint density at radius 3 is 1.97 bits per heavy atom. The van der Waals surface area contributed by atoms with Crippen molar-refractivity contribution >= 4 is 10.1 Å². The summed E-state index contributed by atoms with van der Waals surface area (Å²) in [7, 11) is -3.67. The van der Waals surface area contributed by atoms with Crippen molar-refractivity contribution in [3.63, 3.8) is 0 Å². The molecule has 31 heavy (non-hydrogen) atoms. The first-order valence-corrected chi connectivity index (χ1v) is 11.2. The number of phenolic OH excluding ortho intramolecular Hbond substituents is 1. The molecule has 0 aromatic heterocycles. The Kier molecular flexibility index (Phi) is 10.8. The number of hydrogen-bond acceptors (Lipinski definition) is 6. The summed E-state index contributed by atoms with van der Waals surface area (Å²) in [4.78, 5) is 2.14. The molecule has 3 rings (SSSR count). The molecule has 1 aliphatic rings. The third-order valence-electron chi connectivity index (χ3n) is 5.45. The molecule has 0 aliphatic carbocycles. The Hall–Kier alpha value is -2.05. The van der Waals surface area contributed by atoms with E-state index in [1.165, 1.54) is 12.1 Å². The molecule has 0 amide bonds. The molecule has 9 nitrogen and oxygen atoms in total. The second kappa shape index (κ2) is 11.5. The van der Waals surface area contributed by atoms with Crippen LogP contribution in [0.15, 0.2) is 54.6 Å². The number of likely N-dealkylation sites (tertiary alicyclic amines) is 1. The van der Waals surface area contributed by atoms with E-state index >= 15 is 0 Å². The van der Waals surface area contributed by atoms with Crippen LogP contribution in [0.5, 0.6) is 5.75 Å². The van der Waals surface area contributed by atoms with Gasteiger partial charge in [0.15, 0.2) is 0 Å². The quantitative estimate of drug-likeness (QED) is 0.586. The largest absolute Gasteiger partial charge is 0.508 e. The van der Waals surface area contributed by atoms with Crippen LogP contribution >= 0.6 is 0 Å². The zero-order valence-corrected chi connectivity index (χ0v) is 18.5. The van der Waals surface area contributed by atoms with E-state index < -0.39 is 21.8 Å². The SMILES string of the molecule is C[C@@H]([C@@H](OS(C)(=O)=O)c1ccc(O)cc1)N1CCC(O)(c2ccccc2)CC1.O.O.O. The fraction of sp³-hybridized carbons (Fsp3) is 0.429. The van der Waals surface area contributed by atoms with Gasteiger partial charge in [0.25, 0.3) is 10.1 Å². The molecule has 1 aliphatic heterocycles. The minimum absolute atomic E-state index is 0. The summed E-state index contributed by atoms with van der Waals surface area (Å²) in [6.45, 7) is 3.16. The molecule has 176 valence electrons. The Morgan fingerprint density at radius 2 is 1.48 bits per heavy atom. The predicted octanol–water partition coefficient (Wildman–Crippen LogP) is 0.307. The van der Waals surface area contributed by atoms with Gasteiger partial charge in [-0.2, -0.15) is 8.42 Å². The fourth-order valence-electron chi connectivity index (χ4n) is 3.80. The third-order valence-corrected chi connectivity index (χ3v) is 6.01. The Labute approximate surface area is 183 Å². The number of aromatic hydroxyl groups is 1. The Balaban J connectivity index is 0.00000300. The molecule has 1 saturated heterocycles. The molecule has 2 atom stereocenters. The van der Waals surface area contributed by atoms with Gasteiger partial charge >= 0.3 is 0 Å². The average molecular weight is 460 g/mol. The number of aliphatic hydroxyl groups is 1. The van der Waals surface area contributed by atoms with E-state index in [2.05, 4.69) is 4.90 Å². The molecule has 0 saturated carbocycles. The molecule has 2 aromatic rings. The molecule has 0 spiro atoms. The van der Waals surface area contributed by atoms with Gasteiger partial charge in [-0.05, 0) is 43.0 Å². The van der Waals surface area contributed by atoms with E-state index in [1.807, 2.05) is 37.3 Å². The zero-order chi connectivity index (χ0) is 20.4. The number of piperidine rings is 1. The van der Waals surface area contributed by atoms with Gasteiger partial charge in [-0.3, -0.25) is 9.08 Å². The highest BCUT2D eigenvalue weighted by molar-refractivity contribution is 7.86. The molecule has 8 N–H and O–H groups in total. The van der Waals surface area contributed by atoms with Crippen molar-refractivity contribution in [3.05, 3.63) is 65.7 Å². The van der Waals surface area contributed by atoms with E-state index in [0.29, 0.717) is 31.5 Å². The zero-order valence-electron chi connectivity index (χ0n) is 17.7. The first-order chi connectivity index (χ1) is 13.2. The van der Waals surface area contributed by atoms with Gasteiger partial charge in [0.1, 0.15) is 11.9 Å². The van der Waals surface area contributed by atoms with Crippen LogP contribution in [0.3, 0.4) is 0 Å². The predicted molar refractivity (Wildman–Crippen MR) is 118 cm³/mol. The van der Waals surface area contributed by atoms with Crippen molar-refractivity contribution in [1.29, 1.82) is 0 Å². The first kappa shape index (κ1) is 28.9. The number of rotatable bonds is 6.